The van der Waals surface area contributed by atoms with Gasteiger partial charge in [0.2, 0.25) is 0 Å². The van der Waals surface area contributed by atoms with Crippen molar-refractivity contribution in [1.29, 1.82) is 0 Å². The van der Waals surface area contributed by atoms with E-state index in [1.165, 1.54) is 12.1 Å². The fourth-order valence-electron chi connectivity index (χ4n) is 2.28. The number of halogens is 4. The van der Waals surface area contributed by atoms with Crippen LogP contribution in [0.15, 0.2) is 45.3 Å². The number of hydrogen-bond donors (Lipinski definition) is 0. The number of rotatable bonds is 3. The first-order valence-corrected chi connectivity index (χ1v) is 8.40. The molecule has 0 aliphatic heterocycles. The molecule has 1 aromatic heterocycles. The summed E-state index contributed by atoms with van der Waals surface area (Å²) < 4.78 is 17.4. The molecule has 21 heavy (non-hydrogen) atoms. The van der Waals surface area contributed by atoms with Crippen molar-refractivity contribution in [3.63, 3.8) is 0 Å². The molecule has 6 heteroatoms. The molecule has 0 aliphatic carbocycles. The average molecular weight is 433 g/mol. The van der Waals surface area contributed by atoms with Crippen LogP contribution in [0.5, 0.6) is 0 Å². The first-order valence-electron chi connectivity index (χ1n) is 6.28. The minimum Gasteiger partial charge on any atom is -0.295 e. The smallest absolute Gasteiger partial charge is 0.125 e. The summed E-state index contributed by atoms with van der Waals surface area (Å²) in [7, 11) is 0. The number of nitrogens with zero attached hydrogens (tertiary/aromatic N) is 2. The van der Waals surface area contributed by atoms with Gasteiger partial charge in [0.25, 0.3) is 0 Å². The van der Waals surface area contributed by atoms with Gasteiger partial charge in [-0.2, -0.15) is 0 Å². The van der Waals surface area contributed by atoms with Crippen molar-refractivity contribution in [2.24, 2.45) is 0 Å². The summed E-state index contributed by atoms with van der Waals surface area (Å²) >= 11 is 12.9. The van der Waals surface area contributed by atoms with Gasteiger partial charge in [0, 0.05) is 27.3 Å². The van der Waals surface area contributed by atoms with Gasteiger partial charge in [-0.25, -0.2) is 9.37 Å². The molecule has 2 aromatic carbocycles. The number of fused-ring (bicyclic) bond motifs is 1. The summed E-state index contributed by atoms with van der Waals surface area (Å²) in [5.74, 6) is 0.989. The Morgan fingerprint density at radius 2 is 1.95 bits per heavy atom. The lowest BCUT2D eigenvalue weighted by Gasteiger charge is -2.11. The molecule has 0 radical (unpaired) electrons. The van der Waals surface area contributed by atoms with Crippen molar-refractivity contribution in [2.45, 2.75) is 6.42 Å². The van der Waals surface area contributed by atoms with Gasteiger partial charge in [-0.1, -0.05) is 15.9 Å². The Kier molecular flexibility index (Phi) is 4.33. The van der Waals surface area contributed by atoms with E-state index < -0.39 is 0 Å². The number of aryl methyl sites for hydroxylation is 1. The number of imidazole rings is 1. The average Bonchev–Trinajstić information content (AvgIpc) is 2.77. The number of aromatic nitrogens is 2. The van der Waals surface area contributed by atoms with Gasteiger partial charge in [-0.3, -0.25) is 4.57 Å². The van der Waals surface area contributed by atoms with Crippen LogP contribution >= 0.6 is 43.5 Å². The van der Waals surface area contributed by atoms with Crippen molar-refractivity contribution in [3.8, 4) is 5.69 Å². The molecule has 0 unspecified atom stereocenters. The summed E-state index contributed by atoms with van der Waals surface area (Å²) in [5, 5.41) is 0. The van der Waals surface area contributed by atoms with E-state index in [1.54, 1.807) is 6.07 Å². The fraction of sp³-hybridized carbons (Fsp3) is 0.133. The fourth-order valence-corrected chi connectivity index (χ4v) is 3.68. The van der Waals surface area contributed by atoms with Crippen LogP contribution in [0.4, 0.5) is 4.39 Å². The first-order chi connectivity index (χ1) is 10.1. The van der Waals surface area contributed by atoms with Crippen LogP contribution in [0, 0.1) is 5.82 Å². The maximum Gasteiger partial charge on any atom is 0.125 e. The van der Waals surface area contributed by atoms with Crippen LogP contribution in [-0.2, 0) is 6.42 Å². The van der Waals surface area contributed by atoms with Gasteiger partial charge in [-0.15, -0.1) is 11.6 Å². The summed E-state index contributed by atoms with van der Waals surface area (Å²) in [6.45, 7) is 0. The molecular weight excluding hydrogens is 422 g/mol. The van der Waals surface area contributed by atoms with Gasteiger partial charge in [0.1, 0.15) is 11.6 Å². The quantitative estimate of drug-likeness (QED) is 0.502. The maximum absolute atomic E-state index is 13.6. The first kappa shape index (κ1) is 15.0. The van der Waals surface area contributed by atoms with Crippen molar-refractivity contribution in [1.82, 2.24) is 9.55 Å². The molecule has 0 N–H and O–H groups in total. The molecule has 3 rings (SSSR count). The monoisotopic (exact) mass is 430 g/mol. The Morgan fingerprint density at radius 1 is 1.14 bits per heavy atom. The van der Waals surface area contributed by atoms with E-state index in [-0.39, 0.29) is 5.82 Å². The lowest BCUT2D eigenvalue weighted by molar-refractivity contribution is 0.629. The van der Waals surface area contributed by atoms with E-state index in [0.717, 1.165) is 31.5 Å². The highest BCUT2D eigenvalue weighted by atomic mass is 79.9. The molecule has 108 valence electrons. The number of benzene rings is 2. The maximum atomic E-state index is 13.6. The topological polar surface area (TPSA) is 17.8 Å². The van der Waals surface area contributed by atoms with Crippen LogP contribution in [-0.4, -0.2) is 15.4 Å². The zero-order valence-corrected chi connectivity index (χ0v) is 14.7. The van der Waals surface area contributed by atoms with Gasteiger partial charge >= 0.3 is 0 Å². The summed E-state index contributed by atoms with van der Waals surface area (Å²) in [6.07, 6.45) is 0.611. The second kappa shape index (κ2) is 6.07. The van der Waals surface area contributed by atoms with E-state index in [4.69, 9.17) is 11.6 Å². The molecule has 0 aliphatic rings. The lowest BCUT2D eigenvalue weighted by atomic mass is 10.2. The molecule has 0 saturated heterocycles. The van der Waals surface area contributed by atoms with Gasteiger partial charge in [0.05, 0.1) is 16.7 Å². The SMILES string of the molecule is Fc1ccc2nc(CCCl)n(-c3ccc(Br)cc3Br)c2c1. The third-order valence-corrected chi connectivity index (χ3v) is 4.47. The van der Waals surface area contributed by atoms with E-state index in [1.807, 2.05) is 22.8 Å². The lowest BCUT2D eigenvalue weighted by Crippen LogP contribution is -2.03. The van der Waals surface area contributed by atoms with E-state index >= 15 is 0 Å². The molecule has 0 bridgehead atoms. The molecule has 0 amide bonds. The van der Waals surface area contributed by atoms with Crippen molar-refractivity contribution in [3.05, 3.63) is 57.0 Å². The molecule has 2 nitrogen and oxygen atoms in total. The molecule has 0 spiro atoms. The third-order valence-electron chi connectivity index (χ3n) is 3.15. The largest absolute Gasteiger partial charge is 0.295 e. The summed E-state index contributed by atoms with van der Waals surface area (Å²) in [5.41, 5.74) is 2.40. The second-order valence-electron chi connectivity index (χ2n) is 4.53. The summed E-state index contributed by atoms with van der Waals surface area (Å²) in [6, 6.07) is 10.4. The van der Waals surface area contributed by atoms with Crippen molar-refractivity contribution < 1.29 is 4.39 Å². The van der Waals surface area contributed by atoms with Gasteiger partial charge in [-0.05, 0) is 46.3 Å². The van der Waals surface area contributed by atoms with E-state index in [9.17, 15) is 4.39 Å². The van der Waals surface area contributed by atoms with Crippen LogP contribution in [0.25, 0.3) is 16.7 Å². The van der Waals surface area contributed by atoms with Crippen LogP contribution in [0.3, 0.4) is 0 Å². The normalized spacial score (nSPS) is 11.2. The molecule has 0 fully saturated rings. The number of alkyl halides is 1. The predicted octanol–water partition coefficient (Wildman–Crippen LogP) is 5.47. The Bertz CT molecular complexity index is 817. The van der Waals surface area contributed by atoms with Gasteiger partial charge in [0.15, 0.2) is 0 Å². The highest BCUT2D eigenvalue weighted by Gasteiger charge is 2.15. The standard InChI is InChI=1S/C15H10Br2ClFN2/c16-9-1-4-13(11(17)7-9)21-14-8-10(19)2-3-12(14)20-15(21)5-6-18/h1-4,7-8H,5-6H2. The highest BCUT2D eigenvalue weighted by molar-refractivity contribution is 9.11. The van der Waals surface area contributed by atoms with Crippen LogP contribution in [0.1, 0.15) is 5.82 Å². The van der Waals surface area contributed by atoms with Crippen molar-refractivity contribution in [2.75, 3.05) is 5.88 Å². The van der Waals surface area contributed by atoms with Crippen LogP contribution < -0.4 is 0 Å². The zero-order chi connectivity index (χ0) is 15.0. The van der Waals surface area contributed by atoms with Crippen LogP contribution in [0.2, 0.25) is 0 Å². The van der Waals surface area contributed by atoms with E-state index in [2.05, 4.69) is 36.8 Å². The third kappa shape index (κ3) is 2.87. The minimum absolute atomic E-state index is 0.283. The molecule has 0 saturated carbocycles. The Hall–Kier alpha value is -0.910. The highest BCUT2D eigenvalue weighted by Crippen LogP contribution is 2.30. The number of hydrogen-bond acceptors (Lipinski definition) is 1. The minimum atomic E-state index is -0.283. The van der Waals surface area contributed by atoms with Gasteiger partial charge < -0.3 is 0 Å². The summed E-state index contributed by atoms with van der Waals surface area (Å²) in [4.78, 5) is 4.56. The van der Waals surface area contributed by atoms with Crippen molar-refractivity contribution >= 4 is 54.5 Å². The Balaban J connectivity index is 2.32. The molecule has 1 heterocycles. The Morgan fingerprint density at radius 3 is 2.67 bits per heavy atom. The van der Waals surface area contributed by atoms with E-state index in [0.29, 0.717) is 12.3 Å². The molecule has 0 atom stereocenters. The predicted molar refractivity (Wildman–Crippen MR) is 90.9 cm³/mol. The zero-order valence-electron chi connectivity index (χ0n) is 10.8. The Labute approximate surface area is 143 Å². The molecular formula is C15H10Br2ClFN2. The second-order valence-corrected chi connectivity index (χ2v) is 6.68. The molecule has 3 aromatic rings.